The third kappa shape index (κ3) is 3.25. The van der Waals surface area contributed by atoms with Gasteiger partial charge in [0.15, 0.2) is 0 Å². The minimum absolute atomic E-state index is 0.0267. The normalized spacial score (nSPS) is 10.2. The molecule has 6 nitrogen and oxygen atoms in total. The number of aryl methyl sites for hydroxylation is 2. The highest BCUT2D eigenvalue weighted by atomic mass is 79.9. The number of aromatic nitrogens is 1. The van der Waals surface area contributed by atoms with Gasteiger partial charge in [-0.3, -0.25) is 14.9 Å². The highest BCUT2D eigenvalue weighted by molar-refractivity contribution is 9.10. The maximum absolute atomic E-state index is 12.2. The molecule has 1 aromatic heterocycles. The Morgan fingerprint density at radius 3 is 2.67 bits per heavy atom. The van der Waals surface area contributed by atoms with E-state index < -0.39 is 4.92 Å². The summed E-state index contributed by atoms with van der Waals surface area (Å²) in [5, 5.41) is 13.6. The van der Waals surface area contributed by atoms with Crippen molar-refractivity contribution in [2.45, 2.75) is 13.8 Å². The van der Waals surface area contributed by atoms with Gasteiger partial charge in [0.25, 0.3) is 11.6 Å². The summed E-state index contributed by atoms with van der Waals surface area (Å²) in [5.41, 5.74) is 2.05. The molecule has 1 aromatic carbocycles. The predicted octanol–water partition coefficient (Wildman–Crippen LogP) is 3.62. The van der Waals surface area contributed by atoms with Gasteiger partial charge in [-0.25, -0.2) is 4.98 Å². The largest absolute Gasteiger partial charge is 0.321 e. The van der Waals surface area contributed by atoms with E-state index in [1.165, 1.54) is 6.07 Å². The number of rotatable bonds is 3. The van der Waals surface area contributed by atoms with Crippen molar-refractivity contribution in [3.63, 3.8) is 0 Å². The molecule has 0 radical (unpaired) electrons. The van der Waals surface area contributed by atoms with Crippen LogP contribution in [0.2, 0.25) is 0 Å². The van der Waals surface area contributed by atoms with E-state index in [4.69, 9.17) is 0 Å². The Bertz CT molecular complexity index is 731. The molecule has 7 heteroatoms. The monoisotopic (exact) mass is 349 g/mol. The molecular weight excluding hydrogens is 338 g/mol. The summed E-state index contributed by atoms with van der Waals surface area (Å²) in [6.07, 6.45) is 1.56. The Morgan fingerprint density at radius 1 is 1.33 bits per heavy atom. The topological polar surface area (TPSA) is 85.1 Å². The SMILES string of the molecule is Cc1cc(C)c([N+](=O)[O-])cc1NC(=O)c1cccnc1Br. The number of nitro groups is 1. The number of carbonyl (C=O) groups excluding carboxylic acids is 1. The van der Waals surface area contributed by atoms with Crippen molar-refractivity contribution >= 4 is 33.2 Å². The van der Waals surface area contributed by atoms with Crippen LogP contribution in [0, 0.1) is 24.0 Å². The van der Waals surface area contributed by atoms with E-state index in [2.05, 4.69) is 26.2 Å². The number of nitro benzene ring substituents is 1. The van der Waals surface area contributed by atoms with E-state index in [0.29, 0.717) is 21.4 Å². The third-order valence-electron chi connectivity index (χ3n) is 2.99. The van der Waals surface area contributed by atoms with Gasteiger partial charge in [-0.2, -0.15) is 0 Å². The molecule has 0 saturated carbocycles. The number of carbonyl (C=O) groups is 1. The molecule has 0 spiro atoms. The molecule has 2 rings (SSSR count). The van der Waals surface area contributed by atoms with Gasteiger partial charge in [-0.15, -0.1) is 0 Å². The van der Waals surface area contributed by atoms with Crippen molar-refractivity contribution < 1.29 is 9.72 Å². The number of pyridine rings is 1. The second-order valence-corrected chi connectivity index (χ2v) is 5.26. The fourth-order valence-corrected chi connectivity index (χ4v) is 2.35. The fraction of sp³-hybridized carbons (Fsp3) is 0.143. The van der Waals surface area contributed by atoms with Crippen LogP contribution in [0.3, 0.4) is 0 Å². The van der Waals surface area contributed by atoms with Crippen LogP contribution in [-0.4, -0.2) is 15.8 Å². The highest BCUT2D eigenvalue weighted by Gasteiger charge is 2.17. The quantitative estimate of drug-likeness (QED) is 0.520. The van der Waals surface area contributed by atoms with Gasteiger partial charge in [0.05, 0.1) is 16.2 Å². The van der Waals surface area contributed by atoms with Gasteiger partial charge in [0, 0.05) is 17.8 Å². The molecule has 1 amide bonds. The number of hydrogen-bond donors (Lipinski definition) is 1. The van der Waals surface area contributed by atoms with Crippen LogP contribution in [0.5, 0.6) is 0 Å². The highest BCUT2D eigenvalue weighted by Crippen LogP contribution is 2.27. The van der Waals surface area contributed by atoms with Gasteiger partial charge >= 0.3 is 0 Å². The summed E-state index contributed by atoms with van der Waals surface area (Å²) in [6.45, 7) is 3.44. The average molecular weight is 350 g/mol. The minimum atomic E-state index is -0.468. The van der Waals surface area contributed by atoms with E-state index >= 15 is 0 Å². The fourth-order valence-electron chi connectivity index (χ4n) is 1.92. The average Bonchev–Trinajstić information content (AvgIpc) is 2.41. The molecule has 0 atom stereocenters. The molecule has 1 heterocycles. The van der Waals surface area contributed by atoms with Crippen LogP contribution in [0.4, 0.5) is 11.4 Å². The van der Waals surface area contributed by atoms with Crippen LogP contribution >= 0.6 is 15.9 Å². The number of amides is 1. The van der Waals surface area contributed by atoms with Gasteiger partial charge in [0.1, 0.15) is 4.60 Å². The van der Waals surface area contributed by atoms with Crippen LogP contribution in [0.25, 0.3) is 0 Å². The number of nitrogens with zero attached hydrogens (tertiary/aromatic N) is 2. The summed E-state index contributed by atoms with van der Waals surface area (Å²) in [5.74, 6) is -0.378. The molecule has 0 aliphatic rings. The van der Waals surface area contributed by atoms with E-state index in [1.807, 2.05) is 0 Å². The predicted molar refractivity (Wildman–Crippen MR) is 82.5 cm³/mol. The maximum Gasteiger partial charge on any atom is 0.274 e. The lowest BCUT2D eigenvalue weighted by molar-refractivity contribution is -0.385. The number of halogens is 1. The first-order valence-corrected chi connectivity index (χ1v) is 6.87. The van der Waals surface area contributed by atoms with Crippen LogP contribution < -0.4 is 5.32 Å². The van der Waals surface area contributed by atoms with Crippen LogP contribution in [-0.2, 0) is 0 Å². The minimum Gasteiger partial charge on any atom is -0.321 e. The second-order valence-electron chi connectivity index (χ2n) is 4.51. The Labute approximate surface area is 129 Å². The lowest BCUT2D eigenvalue weighted by Crippen LogP contribution is -2.14. The van der Waals surface area contributed by atoms with Crippen LogP contribution in [0.1, 0.15) is 21.5 Å². The van der Waals surface area contributed by atoms with E-state index in [0.717, 1.165) is 5.56 Å². The zero-order valence-corrected chi connectivity index (χ0v) is 13.0. The number of nitrogens with one attached hydrogen (secondary N) is 1. The first-order chi connectivity index (χ1) is 9.90. The van der Waals surface area contributed by atoms with Crippen molar-refractivity contribution in [1.82, 2.24) is 4.98 Å². The first-order valence-electron chi connectivity index (χ1n) is 6.07. The third-order valence-corrected chi connectivity index (χ3v) is 3.62. The van der Waals surface area contributed by atoms with Gasteiger partial charge in [0.2, 0.25) is 0 Å². The molecule has 0 saturated heterocycles. The second kappa shape index (κ2) is 6.01. The maximum atomic E-state index is 12.2. The smallest absolute Gasteiger partial charge is 0.274 e. The van der Waals surface area contributed by atoms with E-state index in [9.17, 15) is 14.9 Å². The molecule has 0 unspecified atom stereocenters. The summed E-state index contributed by atoms with van der Waals surface area (Å²) in [6, 6.07) is 6.30. The van der Waals surface area contributed by atoms with Crippen molar-refractivity contribution in [1.29, 1.82) is 0 Å². The van der Waals surface area contributed by atoms with Crippen molar-refractivity contribution in [2.24, 2.45) is 0 Å². The Balaban J connectivity index is 2.36. The lowest BCUT2D eigenvalue weighted by atomic mass is 10.1. The standard InChI is InChI=1S/C14H12BrN3O3/c1-8-6-9(2)12(18(20)21)7-11(8)17-14(19)10-4-3-5-16-13(10)15/h3-7H,1-2H3,(H,17,19). The van der Waals surface area contributed by atoms with Crippen LogP contribution in [0.15, 0.2) is 35.1 Å². The van der Waals surface area contributed by atoms with Crippen molar-refractivity contribution in [3.8, 4) is 0 Å². The molecule has 0 fully saturated rings. The van der Waals surface area contributed by atoms with Gasteiger partial charge < -0.3 is 5.32 Å². The molecule has 0 aliphatic carbocycles. The zero-order valence-electron chi connectivity index (χ0n) is 11.4. The summed E-state index contributed by atoms with van der Waals surface area (Å²) in [7, 11) is 0. The molecule has 108 valence electrons. The van der Waals surface area contributed by atoms with E-state index in [-0.39, 0.29) is 11.6 Å². The summed E-state index contributed by atoms with van der Waals surface area (Å²) in [4.78, 5) is 26.7. The number of hydrogen-bond acceptors (Lipinski definition) is 4. The molecule has 1 N–H and O–H groups in total. The Hall–Kier alpha value is -2.28. The number of benzene rings is 1. The van der Waals surface area contributed by atoms with E-state index in [1.54, 1.807) is 38.2 Å². The Kier molecular flexibility index (Phi) is 4.32. The molecular formula is C14H12BrN3O3. The number of anilines is 1. The first kappa shape index (κ1) is 15.1. The lowest BCUT2D eigenvalue weighted by Gasteiger charge is -2.10. The zero-order chi connectivity index (χ0) is 15.6. The van der Waals surface area contributed by atoms with Crippen molar-refractivity contribution in [2.75, 3.05) is 5.32 Å². The Morgan fingerprint density at radius 2 is 2.05 bits per heavy atom. The van der Waals surface area contributed by atoms with Gasteiger partial charge in [-0.05, 0) is 53.5 Å². The summed E-state index contributed by atoms with van der Waals surface area (Å²) < 4.78 is 0.418. The molecule has 0 aliphatic heterocycles. The van der Waals surface area contributed by atoms with Gasteiger partial charge in [-0.1, -0.05) is 0 Å². The summed E-state index contributed by atoms with van der Waals surface area (Å²) >= 11 is 3.20. The molecule has 0 bridgehead atoms. The molecule has 2 aromatic rings. The van der Waals surface area contributed by atoms with Crippen molar-refractivity contribution in [3.05, 3.63) is 61.9 Å². The molecule has 21 heavy (non-hydrogen) atoms.